The van der Waals surface area contributed by atoms with Gasteiger partial charge in [-0.25, -0.2) is 0 Å². The summed E-state index contributed by atoms with van der Waals surface area (Å²) >= 11 is 0. The van der Waals surface area contributed by atoms with Crippen molar-refractivity contribution in [3.8, 4) is 28.5 Å². The molecule has 5 heteroatoms. The monoisotopic (exact) mass is 650 g/mol. The van der Waals surface area contributed by atoms with Crippen LogP contribution in [0.25, 0.3) is 22.2 Å². The summed E-state index contributed by atoms with van der Waals surface area (Å²) in [6.45, 7) is 8.15. The van der Waals surface area contributed by atoms with Gasteiger partial charge in [-0.1, -0.05) is 85.6 Å². The fourth-order valence-corrected chi connectivity index (χ4v) is 6.84. The molecule has 0 bridgehead atoms. The molecule has 1 aromatic heterocycles. The van der Waals surface area contributed by atoms with Crippen molar-refractivity contribution < 1.29 is 14.2 Å². The molecule has 1 saturated heterocycles. The predicted octanol–water partition coefficient (Wildman–Crippen LogP) is 10.1. The van der Waals surface area contributed by atoms with E-state index in [1.54, 1.807) is 0 Å². The molecular weight excluding hydrogens is 604 g/mol. The highest BCUT2D eigenvalue weighted by atomic mass is 16.5. The first-order chi connectivity index (χ1) is 24.2. The third-order valence-electron chi connectivity index (χ3n) is 9.55. The Hall–Kier alpha value is -5.00. The summed E-state index contributed by atoms with van der Waals surface area (Å²) in [6.07, 6.45) is 5.32. The van der Waals surface area contributed by atoms with Crippen molar-refractivity contribution in [2.75, 3.05) is 26.2 Å². The van der Waals surface area contributed by atoms with Gasteiger partial charge in [-0.2, -0.15) is 0 Å². The SMILES string of the molecule is Cc1c(-c2ccc(OCc3ccccc3)cc2)n(Cc2ccc(OCCN3CCCCCC3)cc2)c2ccc(OCc3ccccc3)cc12. The lowest BCUT2D eigenvalue weighted by Crippen LogP contribution is -2.29. The standard InChI is InChI=1S/C44H46N2O3/c1-34-42-30-41(49-33-37-14-8-5-9-15-37)24-25-43(42)46(44(34)38-18-22-40(23-19-38)48-32-36-12-6-4-7-13-36)31-35-16-20-39(21-17-35)47-29-28-45-26-10-2-3-11-27-45/h4-9,12-25,30H,2-3,10-11,26-29,31-33H2,1H3. The van der Waals surface area contributed by atoms with Crippen LogP contribution in [0.15, 0.2) is 127 Å². The van der Waals surface area contributed by atoms with Gasteiger partial charge in [-0.15, -0.1) is 0 Å². The minimum absolute atomic E-state index is 0.538. The topological polar surface area (TPSA) is 35.9 Å². The maximum atomic E-state index is 6.25. The normalized spacial score (nSPS) is 13.7. The van der Waals surface area contributed by atoms with E-state index in [0.717, 1.165) is 53.6 Å². The van der Waals surface area contributed by atoms with Crippen molar-refractivity contribution in [1.29, 1.82) is 0 Å². The van der Waals surface area contributed by atoms with Crippen molar-refractivity contribution in [3.63, 3.8) is 0 Å². The van der Waals surface area contributed by atoms with Gasteiger partial charge < -0.3 is 18.8 Å². The molecule has 1 aliphatic heterocycles. The van der Waals surface area contributed by atoms with Crippen molar-refractivity contribution in [3.05, 3.63) is 150 Å². The second-order valence-corrected chi connectivity index (χ2v) is 13.1. The van der Waals surface area contributed by atoms with Crippen LogP contribution >= 0.6 is 0 Å². The number of aromatic nitrogens is 1. The summed E-state index contributed by atoms with van der Waals surface area (Å²) in [7, 11) is 0. The molecule has 0 amide bonds. The first kappa shape index (κ1) is 32.5. The lowest BCUT2D eigenvalue weighted by Gasteiger charge is -2.19. The lowest BCUT2D eigenvalue weighted by atomic mass is 10.1. The van der Waals surface area contributed by atoms with Crippen LogP contribution in [0.3, 0.4) is 0 Å². The van der Waals surface area contributed by atoms with E-state index in [-0.39, 0.29) is 0 Å². The van der Waals surface area contributed by atoms with Crippen LogP contribution in [-0.4, -0.2) is 35.7 Å². The van der Waals surface area contributed by atoms with Crippen molar-refractivity contribution in [2.24, 2.45) is 0 Å². The fraction of sp³-hybridized carbons (Fsp3) is 0.273. The van der Waals surface area contributed by atoms with Crippen LogP contribution in [0.1, 0.15) is 47.9 Å². The molecule has 6 aromatic rings. The van der Waals surface area contributed by atoms with Gasteiger partial charge in [0.2, 0.25) is 0 Å². The van der Waals surface area contributed by atoms with Gasteiger partial charge >= 0.3 is 0 Å². The van der Waals surface area contributed by atoms with Crippen molar-refractivity contribution in [1.82, 2.24) is 9.47 Å². The Labute approximate surface area is 290 Å². The maximum Gasteiger partial charge on any atom is 0.120 e. The highest BCUT2D eigenvalue weighted by molar-refractivity contribution is 5.92. The molecule has 0 unspecified atom stereocenters. The van der Waals surface area contributed by atoms with Crippen LogP contribution in [0, 0.1) is 6.92 Å². The Kier molecular flexibility index (Phi) is 10.6. The van der Waals surface area contributed by atoms with E-state index in [0.29, 0.717) is 13.2 Å². The summed E-state index contributed by atoms with van der Waals surface area (Å²) in [5, 5.41) is 1.19. The largest absolute Gasteiger partial charge is 0.492 e. The molecule has 0 saturated carbocycles. The summed E-state index contributed by atoms with van der Waals surface area (Å²) in [5.74, 6) is 2.66. The molecule has 1 aliphatic rings. The molecule has 0 aliphatic carbocycles. The fourth-order valence-electron chi connectivity index (χ4n) is 6.84. The molecule has 2 heterocycles. The van der Waals surface area contributed by atoms with Crippen LogP contribution in [-0.2, 0) is 19.8 Å². The molecular formula is C44H46N2O3. The van der Waals surface area contributed by atoms with E-state index in [1.165, 1.54) is 66.5 Å². The Morgan fingerprint density at radius 3 is 1.78 bits per heavy atom. The molecule has 7 rings (SSSR count). The first-order valence-electron chi connectivity index (χ1n) is 17.7. The molecule has 0 spiro atoms. The smallest absolute Gasteiger partial charge is 0.120 e. The highest BCUT2D eigenvalue weighted by Gasteiger charge is 2.18. The molecule has 5 aromatic carbocycles. The number of benzene rings is 5. The quantitative estimate of drug-likeness (QED) is 0.125. The Morgan fingerprint density at radius 1 is 0.551 bits per heavy atom. The number of hydrogen-bond acceptors (Lipinski definition) is 4. The molecule has 0 N–H and O–H groups in total. The third-order valence-corrected chi connectivity index (χ3v) is 9.55. The first-order valence-corrected chi connectivity index (χ1v) is 17.7. The number of nitrogens with zero attached hydrogens (tertiary/aromatic N) is 2. The van der Waals surface area contributed by atoms with Gasteiger partial charge in [0.15, 0.2) is 0 Å². The number of rotatable bonds is 13. The number of ether oxygens (including phenoxy) is 3. The van der Waals surface area contributed by atoms with E-state index >= 15 is 0 Å². The summed E-state index contributed by atoms with van der Waals surface area (Å²) in [6, 6.07) is 44.2. The minimum atomic E-state index is 0.538. The predicted molar refractivity (Wildman–Crippen MR) is 200 cm³/mol. The van der Waals surface area contributed by atoms with Crippen LogP contribution in [0.4, 0.5) is 0 Å². The molecule has 250 valence electrons. The zero-order valence-electron chi connectivity index (χ0n) is 28.5. The molecule has 5 nitrogen and oxygen atoms in total. The van der Waals surface area contributed by atoms with E-state index in [2.05, 4.69) is 107 Å². The van der Waals surface area contributed by atoms with Gasteiger partial charge in [0, 0.05) is 24.0 Å². The van der Waals surface area contributed by atoms with Crippen LogP contribution in [0.5, 0.6) is 17.2 Å². The van der Waals surface area contributed by atoms with Gasteiger partial charge in [0.1, 0.15) is 37.1 Å². The van der Waals surface area contributed by atoms with Gasteiger partial charge in [0.25, 0.3) is 0 Å². The Balaban J connectivity index is 1.12. The Bertz CT molecular complexity index is 1910. The second kappa shape index (κ2) is 15.9. The number of hydrogen-bond donors (Lipinski definition) is 0. The minimum Gasteiger partial charge on any atom is -0.492 e. The maximum absolute atomic E-state index is 6.25. The average Bonchev–Trinajstić information content (AvgIpc) is 3.28. The summed E-state index contributed by atoms with van der Waals surface area (Å²) in [5.41, 5.74) is 8.30. The summed E-state index contributed by atoms with van der Waals surface area (Å²) < 4.78 is 21.0. The van der Waals surface area contributed by atoms with Crippen molar-refractivity contribution in [2.45, 2.75) is 52.4 Å². The second-order valence-electron chi connectivity index (χ2n) is 13.1. The lowest BCUT2D eigenvalue weighted by molar-refractivity contribution is 0.214. The van der Waals surface area contributed by atoms with Gasteiger partial charge in [-0.3, -0.25) is 4.90 Å². The molecule has 0 atom stereocenters. The van der Waals surface area contributed by atoms with E-state index in [9.17, 15) is 0 Å². The number of likely N-dealkylation sites (tertiary alicyclic amines) is 1. The number of aryl methyl sites for hydroxylation is 1. The molecule has 1 fully saturated rings. The average molecular weight is 651 g/mol. The molecule has 49 heavy (non-hydrogen) atoms. The highest BCUT2D eigenvalue weighted by Crippen LogP contribution is 2.37. The van der Waals surface area contributed by atoms with E-state index in [4.69, 9.17) is 14.2 Å². The van der Waals surface area contributed by atoms with Gasteiger partial charge in [0.05, 0.1) is 5.69 Å². The number of fused-ring (bicyclic) bond motifs is 1. The van der Waals surface area contributed by atoms with Crippen LogP contribution < -0.4 is 14.2 Å². The van der Waals surface area contributed by atoms with E-state index < -0.39 is 0 Å². The van der Waals surface area contributed by atoms with E-state index in [1.807, 2.05) is 36.4 Å². The zero-order valence-corrected chi connectivity index (χ0v) is 28.5. The third kappa shape index (κ3) is 8.36. The summed E-state index contributed by atoms with van der Waals surface area (Å²) in [4.78, 5) is 2.54. The Morgan fingerprint density at radius 2 is 1.12 bits per heavy atom. The zero-order chi connectivity index (χ0) is 33.3. The van der Waals surface area contributed by atoms with Crippen LogP contribution in [0.2, 0.25) is 0 Å². The van der Waals surface area contributed by atoms with Crippen molar-refractivity contribution >= 4 is 10.9 Å². The molecule has 0 radical (unpaired) electrons. The van der Waals surface area contributed by atoms with Gasteiger partial charge in [-0.05, 0) is 115 Å².